The van der Waals surface area contributed by atoms with E-state index in [1.165, 1.54) is 0 Å². The first-order valence-electron chi connectivity index (χ1n) is 7.32. The van der Waals surface area contributed by atoms with E-state index in [2.05, 4.69) is 0 Å². The number of carboxylic acid groups (broad SMARTS) is 2. The highest BCUT2D eigenvalue weighted by Gasteiger charge is 2.29. The second-order valence-electron chi connectivity index (χ2n) is 5.67. The van der Waals surface area contributed by atoms with Gasteiger partial charge >= 0.3 is 11.9 Å². The molecule has 120 valence electrons. The third-order valence-electron chi connectivity index (χ3n) is 3.84. The van der Waals surface area contributed by atoms with Crippen molar-refractivity contribution >= 4 is 11.9 Å². The van der Waals surface area contributed by atoms with Crippen LogP contribution in [0.4, 0.5) is 0 Å². The first-order valence-corrected chi connectivity index (χ1v) is 7.32. The maximum absolute atomic E-state index is 10.5. The first-order chi connectivity index (χ1) is 10.1. The zero-order valence-corrected chi connectivity index (χ0v) is 11.9. The molecule has 0 aromatic heterocycles. The van der Waals surface area contributed by atoms with Crippen molar-refractivity contribution in [3.8, 4) is 0 Å². The van der Waals surface area contributed by atoms with Crippen molar-refractivity contribution in [2.45, 2.75) is 37.9 Å². The SMILES string of the molecule is C(OCC1CO1)C1CO1.O=C(O)C1CCC(C(=O)O)CC1. The molecule has 7 heteroatoms. The fourth-order valence-electron chi connectivity index (χ4n) is 2.25. The van der Waals surface area contributed by atoms with Gasteiger partial charge in [0.15, 0.2) is 0 Å². The number of epoxide rings is 2. The molecule has 2 aliphatic heterocycles. The van der Waals surface area contributed by atoms with E-state index in [0.717, 1.165) is 26.4 Å². The lowest BCUT2D eigenvalue weighted by molar-refractivity contribution is -0.148. The zero-order chi connectivity index (χ0) is 15.2. The number of hydrogen-bond donors (Lipinski definition) is 2. The van der Waals surface area contributed by atoms with E-state index in [0.29, 0.717) is 37.9 Å². The molecule has 3 rings (SSSR count). The molecule has 0 spiro atoms. The van der Waals surface area contributed by atoms with Gasteiger partial charge in [-0.1, -0.05) is 0 Å². The monoisotopic (exact) mass is 302 g/mol. The molecule has 1 aliphatic carbocycles. The van der Waals surface area contributed by atoms with Crippen LogP contribution in [0.15, 0.2) is 0 Å². The highest BCUT2D eigenvalue weighted by atomic mass is 16.6. The third kappa shape index (κ3) is 6.41. The van der Waals surface area contributed by atoms with Gasteiger partial charge in [-0.15, -0.1) is 0 Å². The molecule has 2 atom stereocenters. The first kappa shape index (κ1) is 16.2. The molecule has 0 bridgehead atoms. The number of ether oxygens (including phenoxy) is 3. The number of rotatable bonds is 6. The average Bonchev–Trinajstić information content (AvgIpc) is 3.34. The molecule has 21 heavy (non-hydrogen) atoms. The molecule has 3 aliphatic rings. The van der Waals surface area contributed by atoms with E-state index in [9.17, 15) is 9.59 Å². The molecule has 2 heterocycles. The van der Waals surface area contributed by atoms with Gasteiger partial charge in [0.05, 0.1) is 38.3 Å². The molecule has 2 N–H and O–H groups in total. The molecule has 0 amide bonds. The summed E-state index contributed by atoms with van der Waals surface area (Å²) in [5, 5.41) is 17.2. The summed E-state index contributed by atoms with van der Waals surface area (Å²) in [7, 11) is 0. The van der Waals surface area contributed by atoms with Gasteiger partial charge in [-0.05, 0) is 25.7 Å². The van der Waals surface area contributed by atoms with Crippen molar-refractivity contribution in [2.24, 2.45) is 11.8 Å². The minimum atomic E-state index is -0.793. The summed E-state index contributed by atoms with van der Waals surface area (Å²) in [6.07, 6.45) is 2.81. The van der Waals surface area contributed by atoms with Crippen molar-refractivity contribution in [1.29, 1.82) is 0 Å². The maximum atomic E-state index is 10.5. The predicted octanol–water partition coefficient (Wildman–Crippen LogP) is 0.763. The van der Waals surface area contributed by atoms with Crippen molar-refractivity contribution in [2.75, 3.05) is 26.4 Å². The van der Waals surface area contributed by atoms with Crippen molar-refractivity contribution in [3.63, 3.8) is 0 Å². The van der Waals surface area contributed by atoms with E-state index >= 15 is 0 Å². The van der Waals surface area contributed by atoms with Crippen LogP contribution in [0.3, 0.4) is 0 Å². The number of carboxylic acids is 2. The molecule has 2 saturated heterocycles. The quantitative estimate of drug-likeness (QED) is 0.697. The van der Waals surface area contributed by atoms with Gasteiger partial charge in [-0.25, -0.2) is 0 Å². The lowest BCUT2D eigenvalue weighted by Gasteiger charge is -2.22. The fraction of sp³-hybridized carbons (Fsp3) is 0.857. The summed E-state index contributed by atoms with van der Waals surface area (Å²) in [6, 6.07) is 0. The van der Waals surface area contributed by atoms with Gasteiger partial charge in [0.25, 0.3) is 0 Å². The van der Waals surface area contributed by atoms with E-state index in [1.807, 2.05) is 0 Å². The van der Waals surface area contributed by atoms with Crippen LogP contribution in [0.5, 0.6) is 0 Å². The molecule has 2 unspecified atom stereocenters. The Hall–Kier alpha value is -1.18. The summed E-state index contributed by atoms with van der Waals surface area (Å²) in [5.41, 5.74) is 0. The minimum Gasteiger partial charge on any atom is -0.481 e. The van der Waals surface area contributed by atoms with Crippen LogP contribution in [-0.2, 0) is 23.8 Å². The van der Waals surface area contributed by atoms with Crippen LogP contribution in [0.25, 0.3) is 0 Å². The van der Waals surface area contributed by atoms with Gasteiger partial charge in [0, 0.05) is 0 Å². The fourth-order valence-corrected chi connectivity index (χ4v) is 2.25. The van der Waals surface area contributed by atoms with E-state index in [1.54, 1.807) is 0 Å². The van der Waals surface area contributed by atoms with Gasteiger partial charge in [0.2, 0.25) is 0 Å². The molecule has 7 nitrogen and oxygen atoms in total. The van der Waals surface area contributed by atoms with E-state index in [-0.39, 0.29) is 11.8 Å². The zero-order valence-electron chi connectivity index (χ0n) is 11.9. The summed E-state index contributed by atoms with van der Waals surface area (Å²) in [5.74, 6) is -2.22. The van der Waals surface area contributed by atoms with Crippen molar-refractivity contribution < 1.29 is 34.0 Å². The van der Waals surface area contributed by atoms with Gasteiger partial charge in [0.1, 0.15) is 12.2 Å². The van der Waals surface area contributed by atoms with Gasteiger partial charge < -0.3 is 24.4 Å². The smallest absolute Gasteiger partial charge is 0.306 e. The van der Waals surface area contributed by atoms with Crippen molar-refractivity contribution in [3.05, 3.63) is 0 Å². The average molecular weight is 302 g/mol. The number of aliphatic carboxylic acids is 2. The predicted molar refractivity (Wildman–Crippen MR) is 71.0 cm³/mol. The Morgan fingerprint density at radius 2 is 1.19 bits per heavy atom. The van der Waals surface area contributed by atoms with E-state index in [4.69, 9.17) is 24.4 Å². The minimum absolute atomic E-state index is 0.319. The summed E-state index contributed by atoms with van der Waals surface area (Å²) in [6.45, 7) is 3.26. The summed E-state index contributed by atoms with van der Waals surface area (Å²) in [4.78, 5) is 21.0. The van der Waals surface area contributed by atoms with Crippen LogP contribution in [0.1, 0.15) is 25.7 Å². The molecule has 3 fully saturated rings. The van der Waals surface area contributed by atoms with Crippen LogP contribution >= 0.6 is 0 Å². The highest BCUT2D eigenvalue weighted by molar-refractivity contribution is 5.72. The lowest BCUT2D eigenvalue weighted by atomic mass is 9.82. The molecular formula is C14H22O7. The maximum Gasteiger partial charge on any atom is 0.306 e. The molecule has 0 radical (unpaired) electrons. The molecular weight excluding hydrogens is 280 g/mol. The van der Waals surface area contributed by atoms with Crippen LogP contribution in [-0.4, -0.2) is 60.8 Å². The lowest BCUT2D eigenvalue weighted by Crippen LogP contribution is -2.25. The van der Waals surface area contributed by atoms with E-state index < -0.39 is 11.9 Å². The largest absolute Gasteiger partial charge is 0.481 e. The summed E-state index contributed by atoms with van der Waals surface area (Å²) >= 11 is 0. The molecule has 1 saturated carbocycles. The standard InChI is InChI=1S/C8H12O4.C6H10O3/c9-7(10)5-1-2-6(4-3-5)8(11)12;1(5-3-8-5)7-2-6-4-9-6/h5-6H,1-4H2,(H,9,10)(H,11,12);5-6H,1-4H2. The Morgan fingerprint density at radius 3 is 1.43 bits per heavy atom. The second kappa shape index (κ2) is 7.72. The Labute approximate surface area is 123 Å². The topological polar surface area (TPSA) is 109 Å². The van der Waals surface area contributed by atoms with Gasteiger partial charge in [-0.3, -0.25) is 9.59 Å². The highest BCUT2D eigenvalue weighted by Crippen LogP contribution is 2.28. The van der Waals surface area contributed by atoms with Crippen LogP contribution in [0, 0.1) is 11.8 Å². The Balaban J connectivity index is 0.000000159. The Bertz CT molecular complexity index is 320. The number of carbonyl (C=O) groups is 2. The normalized spacial score (nSPS) is 33.5. The Kier molecular flexibility index (Phi) is 5.96. The Morgan fingerprint density at radius 1 is 0.857 bits per heavy atom. The molecule has 0 aromatic rings. The third-order valence-corrected chi connectivity index (χ3v) is 3.84. The number of hydrogen-bond acceptors (Lipinski definition) is 5. The van der Waals surface area contributed by atoms with Crippen LogP contribution < -0.4 is 0 Å². The second-order valence-corrected chi connectivity index (χ2v) is 5.67. The molecule has 0 aromatic carbocycles. The van der Waals surface area contributed by atoms with Crippen molar-refractivity contribution in [1.82, 2.24) is 0 Å². The summed E-state index contributed by atoms with van der Waals surface area (Å²) < 4.78 is 15.1. The van der Waals surface area contributed by atoms with Gasteiger partial charge in [-0.2, -0.15) is 0 Å². The van der Waals surface area contributed by atoms with Crippen LogP contribution in [0.2, 0.25) is 0 Å².